The monoisotopic (exact) mass is 318 g/mol. The number of nitrogens with zero attached hydrogens (tertiary/aromatic N) is 1. The zero-order valence-corrected chi connectivity index (χ0v) is 12.8. The average Bonchev–Trinajstić information content (AvgIpc) is 2.33. The van der Waals surface area contributed by atoms with Crippen molar-refractivity contribution >= 4 is 27.5 Å². The first-order valence-corrected chi connectivity index (χ1v) is 7.20. The molecule has 0 spiro atoms. The van der Waals surface area contributed by atoms with Crippen LogP contribution in [-0.2, 0) is 0 Å². The first-order valence-electron chi connectivity index (χ1n) is 6.03. The summed E-state index contributed by atoms with van der Waals surface area (Å²) in [5, 5.41) is 0.739. The van der Waals surface area contributed by atoms with Crippen LogP contribution in [0.25, 0.3) is 0 Å². The van der Waals surface area contributed by atoms with Crippen molar-refractivity contribution in [1.29, 1.82) is 0 Å². The predicted molar refractivity (Wildman–Crippen MR) is 78.5 cm³/mol. The lowest BCUT2D eigenvalue weighted by Gasteiger charge is -2.30. The molecule has 1 aromatic carbocycles. The topological polar surface area (TPSA) is 29.3 Å². The van der Waals surface area contributed by atoms with Crippen LogP contribution < -0.4 is 5.73 Å². The highest BCUT2D eigenvalue weighted by atomic mass is 79.9. The molecule has 0 aromatic heterocycles. The van der Waals surface area contributed by atoms with Crippen LogP contribution in [0, 0.1) is 0 Å². The minimum absolute atomic E-state index is 0.272. The number of hydrogen-bond donors (Lipinski definition) is 1. The number of benzene rings is 1. The zero-order valence-electron chi connectivity index (χ0n) is 10.4. The van der Waals surface area contributed by atoms with Crippen molar-refractivity contribution in [2.24, 2.45) is 5.73 Å². The summed E-state index contributed by atoms with van der Waals surface area (Å²) in [5.41, 5.74) is 7.13. The van der Waals surface area contributed by atoms with E-state index in [1.807, 2.05) is 6.07 Å². The standard InChI is InChI=1S/C13H20BrClN2/c1-3-7-17(4-2)13(9-16)10-5-6-12(15)11(14)8-10/h5-6,8,13H,3-4,7,9,16H2,1-2H3. The van der Waals surface area contributed by atoms with E-state index in [0.29, 0.717) is 6.54 Å². The predicted octanol–water partition coefficient (Wildman–Crippen LogP) is 3.83. The van der Waals surface area contributed by atoms with E-state index in [4.69, 9.17) is 17.3 Å². The molecule has 1 aromatic rings. The van der Waals surface area contributed by atoms with Gasteiger partial charge >= 0.3 is 0 Å². The molecule has 0 heterocycles. The molecule has 1 atom stereocenters. The van der Waals surface area contributed by atoms with Gasteiger partial charge in [0.05, 0.1) is 5.02 Å². The highest BCUT2D eigenvalue weighted by Gasteiger charge is 2.17. The first kappa shape index (κ1) is 15.0. The molecule has 0 saturated carbocycles. The molecule has 0 radical (unpaired) electrons. The summed E-state index contributed by atoms with van der Waals surface area (Å²) in [7, 11) is 0. The van der Waals surface area contributed by atoms with E-state index < -0.39 is 0 Å². The molecule has 96 valence electrons. The molecule has 0 bridgehead atoms. The third kappa shape index (κ3) is 3.95. The van der Waals surface area contributed by atoms with Crippen molar-refractivity contribution < 1.29 is 0 Å². The van der Waals surface area contributed by atoms with Gasteiger partial charge in [-0.05, 0) is 53.1 Å². The van der Waals surface area contributed by atoms with E-state index in [9.17, 15) is 0 Å². The molecular formula is C13H20BrClN2. The number of hydrogen-bond acceptors (Lipinski definition) is 2. The maximum Gasteiger partial charge on any atom is 0.0548 e. The van der Waals surface area contributed by atoms with E-state index in [2.05, 4.69) is 46.8 Å². The second-order valence-electron chi connectivity index (χ2n) is 4.05. The van der Waals surface area contributed by atoms with Crippen LogP contribution in [0.4, 0.5) is 0 Å². The van der Waals surface area contributed by atoms with Gasteiger partial charge in [0, 0.05) is 17.1 Å². The molecule has 2 nitrogen and oxygen atoms in total. The van der Waals surface area contributed by atoms with Crippen molar-refractivity contribution in [2.45, 2.75) is 26.3 Å². The third-order valence-corrected chi connectivity index (χ3v) is 4.12. The summed E-state index contributed by atoms with van der Waals surface area (Å²) in [6.45, 7) is 7.06. The van der Waals surface area contributed by atoms with Crippen molar-refractivity contribution in [1.82, 2.24) is 4.90 Å². The van der Waals surface area contributed by atoms with E-state index in [1.165, 1.54) is 5.56 Å². The fourth-order valence-electron chi connectivity index (χ4n) is 2.04. The lowest BCUT2D eigenvalue weighted by molar-refractivity contribution is 0.213. The summed E-state index contributed by atoms with van der Waals surface area (Å²) in [5.74, 6) is 0. The Morgan fingerprint density at radius 1 is 1.41 bits per heavy atom. The smallest absolute Gasteiger partial charge is 0.0548 e. The van der Waals surface area contributed by atoms with Gasteiger partial charge < -0.3 is 5.73 Å². The maximum atomic E-state index is 6.01. The van der Waals surface area contributed by atoms with Crippen molar-refractivity contribution in [2.75, 3.05) is 19.6 Å². The molecule has 1 rings (SSSR count). The molecule has 2 N–H and O–H groups in total. The molecule has 0 fully saturated rings. The molecule has 0 aliphatic carbocycles. The fourth-order valence-corrected chi connectivity index (χ4v) is 2.55. The van der Waals surface area contributed by atoms with Gasteiger partial charge in [0.1, 0.15) is 0 Å². The van der Waals surface area contributed by atoms with Gasteiger partial charge in [0.15, 0.2) is 0 Å². The van der Waals surface area contributed by atoms with E-state index in [1.54, 1.807) is 0 Å². The molecule has 17 heavy (non-hydrogen) atoms. The minimum Gasteiger partial charge on any atom is -0.329 e. The Morgan fingerprint density at radius 2 is 2.12 bits per heavy atom. The normalized spacial score (nSPS) is 13.1. The van der Waals surface area contributed by atoms with Crippen molar-refractivity contribution in [3.05, 3.63) is 33.3 Å². The first-order chi connectivity index (χ1) is 8.13. The van der Waals surface area contributed by atoms with Crippen molar-refractivity contribution in [3.8, 4) is 0 Å². The Kier molecular flexibility index (Phi) is 6.49. The second-order valence-corrected chi connectivity index (χ2v) is 5.32. The summed E-state index contributed by atoms with van der Waals surface area (Å²) in [6.07, 6.45) is 1.14. The van der Waals surface area contributed by atoms with E-state index in [0.717, 1.165) is 29.0 Å². The van der Waals surface area contributed by atoms with Gasteiger partial charge in [0.25, 0.3) is 0 Å². The van der Waals surface area contributed by atoms with Crippen LogP contribution in [0.2, 0.25) is 5.02 Å². The van der Waals surface area contributed by atoms with Gasteiger partial charge in [0.2, 0.25) is 0 Å². The SMILES string of the molecule is CCCN(CC)C(CN)c1ccc(Cl)c(Br)c1. The highest BCUT2D eigenvalue weighted by Crippen LogP contribution is 2.28. The maximum absolute atomic E-state index is 6.01. The molecule has 1 unspecified atom stereocenters. The zero-order chi connectivity index (χ0) is 12.8. The van der Waals surface area contributed by atoms with Crippen molar-refractivity contribution in [3.63, 3.8) is 0 Å². The molecule has 4 heteroatoms. The van der Waals surface area contributed by atoms with Gasteiger partial charge in [-0.25, -0.2) is 0 Å². The minimum atomic E-state index is 0.272. The Hall–Kier alpha value is -0.0900. The van der Waals surface area contributed by atoms with Gasteiger partial charge in [-0.15, -0.1) is 0 Å². The van der Waals surface area contributed by atoms with Crippen LogP contribution in [0.15, 0.2) is 22.7 Å². The quantitative estimate of drug-likeness (QED) is 0.863. The lowest BCUT2D eigenvalue weighted by Crippen LogP contribution is -2.34. The third-order valence-electron chi connectivity index (χ3n) is 2.91. The van der Waals surface area contributed by atoms with Crippen LogP contribution in [0.3, 0.4) is 0 Å². The summed E-state index contributed by atoms with van der Waals surface area (Å²) in [6, 6.07) is 6.32. The van der Waals surface area contributed by atoms with Crippen LogP contribution in [0.1, 0.15) is 31.9 Å². The number of likely N-dealkylation sites (N-methyl/N-ethyl adjacent to an activating group) is 1. The van der Waals surface area contributed by atoms with E-state index >= 15 is 0 Å². The van der Waals surface area contributed by atoms with E-state index in [-0.39, 0.29) is 6.04 Å². The Balaban J connectivity index is 2.95. The molecule has 0 aliphatic heterocycles. The van der Waals surface area contributed by atoms with Crippen LogP contribution in [-0.4, -0.2) is 24.5 Å². The average molecular weight is 320 g/mol. The lowest BCUT2D eigenvalue weighted by atomic mass is 10.1. The van der Waals surface area contributed by atoms with Gasteiger partial charge in [-0.3, -0.25) is 4.90 Å². The van der Waals surface area contributed by atoms with Crippen LogP contribution in [0.5, 0.6) is 0 Å². The highest BCUT2D eigenvalue weighted by molar-refractivity contribution is 9.10. The van der Waals surface area contributed by atoms with Crippen LogP contribution >= 0.6 is 27.5 Å². The molecule has 0 amide bonds. The largest absolute Gasteiger partial charge is 0.329 e. The summed E-state index contributed by atoms with van der Waals surface area (Å²) < 4.78 is 0.933. The number of nitrogens with two attached hydrogens (primary N) is 1. The number of rotatable bonds is 6. The Morgan fingerprint density at radius 3 is 2.59 bits per heavy atom. The van der Waals surface area contributed by atoms with Gasteiger partial charge in [-0.2, -0.15) is 0 Å². The molecule has 0 saturated heterocycles. The summed E-state index contributed by atoms with van der Waals surface area (Å²) >= 11 is 9.47. The fraction of sp³-hybridized carbons (Fsp3) is 0.538. The summed E-state index contributed by atoms with van der Waals surface area (Å²) in [4.78, 5) is 2.40. The number of halogens is 2. The molecule has 0 aliphatic rings. The van der Waals surface area contributed by atoms with Gasteiger partial charge in [-0.1, -0.05) is 31.5 Å². The second kappa shape index (κ2) is 7.37. The molecular weight excluding hydrogens is 300 g/mol. The Bertz CT molecular complexity index is 357. The Labute approximate surface area is 117 Å².